The summed E-state index contributed by atoms with van der Waals surface area (Å²) in [5.74, 6) is 0.369. The van der Waals surface area contributed by atoms with Gasteiger partial charge in [-0.1, -0.05) is 64.1 Å². The molecule has 1 aliphatic rings. The molecule has 8 nitrogen and oxygen atoms in total. The topological polar surface area (TPSA) is 97.3 Å². The summed E-state index contributed by atoms with van der Waals surface area (Å²) in [6.07, 6.45) is 2.64. The van der Waals surface area contributed by atoms with Crippen LogP contribution < -0.4 is 5.73 Å². The van der Waals surface area contributed by atoms with E-state index < -0.39 is 16.6 Å². The molecule has 33 heavy (non-hydrogen) atoms. The number of nitrogens with zero attached hydrogens (tertiary/aromatic N) is 4. The minimum atomic E-state index is -2.04. The second kappa shape index (κ2) is 9.12. The van der Waals surface area contributed by atoms with Gasteiger partial charge in [-0.15, -0.1) is 0 Å². The minimum absolute atomic E-state index is 0.0540. The Morgan fingerprint density at radius 3 is 2.21 bits per heavy atom. The highest BCUT2D eigenvalue weighted by molar-refractivity contribution is 14.1. The summed E-state index contributed by atoms with van der Waals surface area (Å²) in [7, 11) is -3.98. The number of anilines is 1. The first-order chi connectivity index (χ1) is 15.0. The van der Waals surface area contributed by atoms with E-state index in [0.717, 1.165) is 0 Å². The molecule has 2 aromatic rings. The zero-order valence-corrected chi connectivity index (χ0v) is 25.8. The number of hydrogen-bond acceptors (Lipinski definition) is 7. The van der Waals surface area contributed by atoms with Gasteiger partial charge in [0.15, 0.2) is 34.3 Å². The van der Waals surface area contributed by atoms with Crippen molar-refractivity contribution in [2.45, 2.75) is 100 Å². The van der Waals surface area contributed by atoms with Crippen LogP contribution in [0.5, 0.6) is 0 Å². The fraction of sp³-hybridized carbons (Fsp3) is 0.773. The predicted molar refractivity (Wildman–Crippen MR) is 147 cm³/mol. The van der Waals surface area contributed by atoms with Crippen molar-refractivity contribution in [1.29, 1.82) is 0 Å². The molecule has 0 spiro atoms. The van der Waals surface area contributed by atoms with Crippen LogP contribution in [0.1, 0.15) is 47.8 Å². The zero-order valence-electron chi connectivity index (χ0n) is 21.6. The van der Waals surface area contributed by atoms with Crippen LogP contribution in [-0.4, -0.2) is 58.9 Å². The lowest BCUT2D eigenvalue weighted by Crippen LogP contribution is -2.50. The van der Waals surface area contributed by atoms with Crippen LogP contribution in [-0.2, 0) is 13.6 Å². The van der Waals surface area contributed by atoms with Crippen LogP contribution in [0.15, 0.2) is 12.7 Å². The standard InChI is InChI=1S/C22H40IN5O3Si2/c1-21(2,3)32(7,8)29-11-14-17(31-33(9,10)22(4,5)6)15(23)20(30-14)28-13-27-16-18(24)25-12-26-19(16)28/h12-15,17,20H,11H2,1-10H3,(H2,24,25,26)/t14-,15+,17-,20-/m1/s1. The third-order valence-corrected chi connectivity index (χ3v) is 17.9. The van der Waals surface area contributed by atoms with Gasteiger partial charge in [-0.25, -0.2) is 15.0 Å². The lowest BCUT2D eigenvalue weighted by Gasteiger charge is -2.41. The normalized spacial score (nSPS) is 25.2. The molecule has 3 rings (SSSR count). The average molecular weight is 606 g/mol. The van der Waals surface area contributed by atoms with E-state index in [9.17, 15) is 0 Å². The van der Waals surface area contributed by atoms with Crippen LogP contribution in [0.25, 0.3) is 11.2 Å². The highest BCUT2D eigenvalue weighted by atomic mass is 127. The second-order valence-corrected chi connectivity index (χ2v) is 23.0. The van der Waals surface area contributed by atoms with Crippen LogP contribution in [0.4, 0.5) is 5.82 Å². The number of ether oxygens (including phenoxy) is 1. The van der Waals surface area contributed by atoms with Gasteiger partial charge in [0.1, 0.15) is 17.9 Å². The summed E-state index contributed by atoms with van der Waals surface area (Å²) in [5, 5.41) is 0.217. The van der Waals surface area contributed by atoms with Gasteiger partial charge in [-0.05, 0) is 36.3 Å². The number of aromatic nitrogens is 4. The van der Waals surface area contributed by atoms with E-state index in [0.29, 0.717) is 23.6 Å². The summed E-state index contributed by atoms with van der Waals surface area (Å²) in [4.78, 5) is 12.9. The number of rotatable bonds is 6. The first-order valence-electron chi connectivity index (χ1n) is 11.5. The molecule has 0 saturated carbocycles. The largest absolute Gasteiger partial charge is 0.414 e. The maximum atomic E-state index is 6.95. The molecule has 0 unspecified atom stereocenters. The highest BCUT2D eigenvalue weighted by Gasteiger charge is 2.51. The average Bonchev–Trinajstić information content (AvgIpc) is 3.21. The number of alkyl halides is 1. The molecule has 0 amide bonds. The smallest absolute Gasteiger partial charge is 0.192 e. The van der Waals surface area contributed by atoms with E-state index in [1.807, 2.05) is 4.57 Å². The summed E-state index contributed by atoms with van der Waals surface area (Å²) >= 11 is 2.46. The van der Waals surface area contributed by atoms with E-state index in [1.165, 1.54) is 6.33 Å². The molecule has 1 saturated heterocycles. The van der Waals surface area contributed by atoms with Gasteiger partial charge in [0.2, 0.25) is 0 Å². The van der Waals surface area contributed by atoms with Crippen molar-refractivity contribution in [2.75, 3.05) is 12.3 Å². The molecule has 3 heterocycles. The molecule has 2 N–H and O–H groups in total. The number of nitrogen functional groups attached to an aromatic ring is 1. The lowest BCUT2D eigenvalue weighted by atomic mass is 10.2. The van der Waals surface area contributed by atoms with Gasteiger partial charge in [0, 0.05) is 0 Å². The molecule has 0 aliphatic carbocycles. The van der Waals surface area contributed by atoms with E-state index in [1.54, 1.807) is 6.33 Å². The Kier molecular flexibility index (Phi) is 7.46. The summed E-state index contributed by atoms with van der Waals surface area (Å²) < 4.78 is 22.2. The molecular formula is C22H40IN5O3Si2. The second-order valence-electron chi connectivity index (χ2n) is 12.0. The molecule has 0 radical (unpaired) electrons. The van der Waals surface area contributed by atoms with E-state index in [-0.39, 0.29) is 32.4 Å². The SMILES string of the molecule is CC(C)(C)[Si](C)(C)OC[C@H]1O[C@@H](n2cnc3c(N)ncnc32)[C@@H](I)[C@@H]1O[Si](C)(C)C(C)(C)C. The van der Waals surface area contributed by atoms with Crippen molar-refractivity contribution in [3.63, 3.8) is 0 Å². The number of imidazole rings is 1. The fourth-order valence-corrected chi connectivity index (χ4v) is 7.02. The van der Waals surface area contributed by atoms with Crippen LogP contribution in [0.3, 0.4) is 0 Å². The summed E-state index contributed by atoms with van der Waals surface area (Å²) in [5.41, 5.74) is 7.28. The Balaban J connectivity index is 1.94. The number of halogens is 1. The lowest BCUT2D eigenvalue weighted by molar-refractivity contribution is -0.0380. The molecule has 0 bridgehead atoms. The Bertz CT molecular complexity index is 987. The predicted octanol–water partition coefficient (Wildman–Crippen LogP) is 5.52. The van der Waals surface area contributed by atoms with Gasteiger partial charge in [-0.3, -0.25) is 4.57 Å². The number of fused-ring (bicyclic) bond motifs is 1. The van der Waals surface area contributed by atoms with Crippen molar-refractivity contribution >= 4 is 56.2 Å². The number of hydrogen-bond donors (Lipinski definition) is 1. The van der Waals surface area contributed by atoms with Crippen molar-refractivity contribution in [2.24, 2.45) is 0 Å². The van der Waals surface area contributed by atoms with Crippen molar-refractivity contribution in [3.05, 3.63) is 12.7 Å². The quantitative estimate of drug-likeness (QED) is 0.263. The minimum Gasteiger partial charge on any atom is -0.414 e. The van der Waals surface area contributed by atoms with Crippen LogP contribution in [0.2, 0.25) is 36.3 Å². The van der Waals surface area contributed by atoms with E-state index in [4.69, 9.17) is 19.3 Å². The van der Waals surface area contributed by atoms with Gasteiger partial charge in [0.05, 0.1) is 23.0 Å². The van der Waals surface area contributed by atoms with Crippen molar-refractivity contribution < 1.29 is 13.6 Å². The Hall–Kier alpha value is -0.606. The van der Waals surface area contributed by atoms with Gasteiger partial charge in [0.25, 0.3) is 0 Å². The molecule has 1 aliphatic heterocycles. The first-order valence-corrected chi connectivity index (χ1v) is 18.6. The van der Waals surface area contributed by atoms with Crippen LogP contribution >= 0.6 is 22.6 Å². The molecule has 186 valence electrons. The van der Waals surface area contributed by atoms with Crippen LogP contribution in [0, 0.1) is 0 Å². The third kappa shape index (κ3) is 5.32. The highest BCUT2D eigenvalue weighted by Crippen LogP contribution is 2.45. The summed E-state index contributed by atoms with van der Waals surface area (Å²) in [6, 6.07) is 0. The molecule has 0 aromatic carbocycles. The Morgan fingerprint density at radius 2 is 1.64 bits per heavy atom. The molecule has 2 aromatic heterocycles. The molecular weight excluding hydrogens is 565 g/mol. The molecule has 11 heteroatoms. The number of nitrogens with two attached hydrogens (primary N) is 1. The first kappa shape index (κ1) is 27.0. The van der Waals surface area contributed by atoms with Gasteiger partial charge < -0.3 is 19.3 Å². The maximum absolute atomic E-state index is 6.95. The Labute approximate surface area is 213 Å². The van der Waals surface area contributed by atoms with Gasteiger partial charge >= 0.3 is 0 Å². The monoisotopic (exact) mass is 605 g/mol. The van der Waals surface area contributed by atoms with Crippen molar-refractivity contribution in [1.82, 2.24) is 19.5 Å². The fourth-order valence-electron chi connectivity index (χ4n) is 3.27. The third-order valence-electron chi connectivity index (χ3n) is 7.58. The van der Waals surface area contributed by atoms with E-state index >= 15 is 0 Å². The zero-order chi connectivity index (χ0) is 25.0. The molecule has 1 fully saturated rings. The van der Waals surface area contributed by atoms with Crippen molar-refractivity contribution in [3.8, 4) is 0 Å². The molecule has 4 atom stereocenters. The Morgan fingerprint density at radius 1 is 1.03 bits per heavy atom. The van der Waals surface area contributed by atoms with Gasteiger partial charge in [-0.2, -0.15) is 0 Å². The summed E-state index contributed by atoms with van der Waals surface area (Å²) in [6.45, 7) is 23.2. The maximum Gasteiger partial charge on any atom is 0.192 e. The van der Waals surface area contributed by atoms with E-state index in [2.05, 4.69) is 105 Å².